The number of methoxy groups -OCH3 is 2. The van der Waals surface area contributed by atoms with Gasteiger partial charge in [0.05, 0.1) is 13.2 Å². The maximum Gasteiger partial charge on any atom is 0.119 e. The summed E-state index contributed by atoms with van der Waals surface area (Å²) in [5.74, 6) is 0.914. The lowest BCUT2D eigenvalue weighted by molar-refractivity contribution is -0.0979. The van der Waals surface area contributed by atoms with Gasteiger partial charge in [-0.3, -0.25) is 0 Å². The third kappa shape index (κ3) is 2.52. The predicted octanol–water partition coefficient (Wildman–Crippen LogP) is 2.60. The number of hydrogen-bond donors (Lipinski definition) is 1. The highest BCUT2D eigenvalue weighted by atomic mass is 16.5. The molecule has 0 aliphatic heterocycles. The monoisotopic (exact) mass is 249 g/mol. The number of rotatable bonds is 5. The topological polar surface area (TPSA) is 30.5 Å². The Morgan fingerprint density at radius 2 is 2.11 bits per heavy atom. The van der Waals surface area contributed by atoms with Gasteiger partial charge in [-0.2, -0.15) is 0 Å². The molecule has 0 bridgehead atoms. The smallest absolute Gasteiger partial charge is 0.119 e. The SMILES string of the molecule is COc1cccc(CNC2CC(OC)C2(C)C)c1. The van der Waals surface area contributed by atoms with Gasteiger partial charge in [-0.1, -0.05) is 26.0 Å². The first-order chi connectivity index (χ1) is 8.57. The molecule has 1 aromatic rings. The zero-order valence-electron chi connectivity index (χ0n) is 11.7. The van der Waals surface area contributed by atoms with Crippen LogP contribution in [0.1, 0.15) is 25.8 Å². The summed E-state index contributed by atoms with van der Waals surface area (Å²) in [5, 5.41) is 3.61. The minimum Gasteiger partial charge on any atom is -0.497 e. The molecule has 0 heterocycles. The minimum absolute atomic E-state index is 0.216. The molecule has 1 fully saturated rings. The lowest BCUT2D eigenvalue weighted by Crippen LogP contribution is -2.60. The van der Waals surface area contributed by atoms with Crippen molar-refractivity contribution in [2.45, 2.75) is 39.0 Å². The molecule has 0 amide bonds. The van der Waals surface area contributed by atoms with E-state index in [1.807, 2.05) is 12.1 Å². The molecule has 3 heteroatoms. The normalized spacial score (nSPS) is 25.6. The van der Waals surface area contributed by atoms with Gasteiger partial charge in [-0.05, 0) is 24.1 Å². The van der Waals surface area contributed by atoms with Crippen molar-refractivity contribution in [3.05, 3.63) is 29.8 Å². The molecule has 0 saturated heterocycles. The van der Waals surface area contributed by atoms with E-state index in [4.69, 9.17) is 9.47 Å². The van der Waals surface area contributed by atoms with E-state index >= 15 is 0 Å². The van der Waals surface area contributed by atoms with Crippen molar-refractivity contribution in [3.63, 3.8) is 0 Å². The van der Waals surface area contributed by atoms with Gasteiger partial charge in [0.15, 0.2) is 0 Å². The first-order valence-corrected chi connectivity index (χ1v) is 6.47. The molecule has 1 saturated carbocycles. The number of nitrogens with one attached hydrogen (secondary N) is 1. The lowest BCUT2D eigenvalue weighted by atomic mass is 9.64. The summed E-state index contributed by atoms with van der Waals surface area (Å²) in [6.45, 7) is 5.39. The first kappa shape index (κ1) is 13.4. The molecule has 18 heavy (non-hydrogen) atoms. The molecular formula is C15H23NO2. The largest absolute Gasteiger partial charge is 0.497 e. The minimum atomic E-state index is 0.216. The van der Waals surface area contributed by atoms with E-state index < -0.39 is 0 Å². The second-order valence-electron chi connectivity index (χ2n) is 5.57. The zero-order valence-corrected chi connectivity index (χ0v) is 11.7. The van der Waals surface area contributed by atoms with Gasteiger partial charge in [-0.15, -0.1) is 0 Å². The Balaban J connectivity index is 1.89. The third-order valence-electron chi connectivity index (χ3n) is 4.15. The molecule has 2 rings (SSSR count). The summed E-state index contributed by atoms with van der Waals surface area (Å²) in [6, 6.07) is 8.72. The van der Waals surface area contributed by atoms with Crippen molar-refractivity contribution < 1.29 is 9.47 Å². The van der Waals surface area contributed by atoms with Crippen LogP contribution in [0.5, 0.6) is 5.75 Å². The van der Waals surface area contributed by atoms with Crippen LogP contribution in [0.15, 0.2) is 24.3 Å². The first-order valence-electron chi connectivity index (χ1n) is 6.47. The number of benzene rings is 1. The van der Waals surface area contributed by atoms with Crippen molar-refractivity contribution in [2.24, 2.45) is 5.41 Å². The van der Waals surface area contributed by atoms with Gasteiger partial charge in [-0.25, -0.2) is 0 Å². The number of hydrogen-bond acceptors (Lipinski definition) is 3. The van der Waals surface area contributed by atoms with E-state index in [0.29, 0.717) is 12.1 Å². The molecule has 3 nitrogen and oxygen atoms in total. The highest BCUT2D eigenvalue weighted by Gasteiger charge is 2.48. The molecule has 1 aliphatic rings. The summed E-state index contributed by atoms with van der Waals surface area (Å²) in [4.78, 5) is 0. The maximum atomic E-state index is 5.46. The van der Waals surface area contributed by atoms with Crippen LogP contribution in [0, 0.1) is 5.41 Å². The Morgan fingerprint density at radius 3 is 2.72 bits per heavy atom. The predicted molar refractivity (Wildman–Crippen MR) is 72.8 cm³/mol. The van der Waals surface area contributed by atoms with Crippen LogP contribution in [0.25, 0.3) is 0 Å². The van der Waals surface area contributed by atoms with E-state index in [2.05, 4.69) is 31.3 Å². The molecule has 2 unspecified atom stereocenters. The van der Waals surface area contributed by atoms with Gasteiger partial charge >= 0.3 is 0 Å². The summed E-state index contributed by atoms with van der Waals surface area (Å²) in [6.07, 6.45) is 1.47. The fourth-order valence-corrected chi connectivity index (χ4v) is 2.66. The molecule has 1 aliphatic carbocycles. The molecule has 2 atom stereocenters. The summed E-state index contributed by atoms with van der Waals surface area (Å²) >= 11 is 0. The summed E-state index contributed by atoms with van der Waals surface area (Å²) in [5.41, 5.74) is 1.47. The van der Waals surface area contributed by atoms with Gasteiger partial charge < -0.3 is 14.8 Å². The second kappa shape index (κ2) is 5.29. The molecular weight excluding hydrogens is 226 g/mol. The standard InChI is InChI=1S/C15H23NO2/c1-15(2)13(9-14(15)18-4)16-10-11-6-5-7-12(8-11)17-3/h5-8,13-14,16H,9-10H2,1-4H3. The molecule has 0 spiro atoms. The van der Waals surface area contributed by atoms with Crippen molar-refractivity contribution in [1.29, 1.82) is 0 Å². The van der Waals surface area contributed by atoms with Gasteiger partial charge in [0.1, 0.15) is 5.75 Å². The molecule has 0 radical (unpaired) electrons. The average molecular weight is 249 g/mol. The summed E-state index contributed by atoms with van der Waals surface area (Å²) in [7, 11) is 3.50. The summed E-state index contributed by atoms with van der Waals surface area (Å²) < 4.78 is 10.7. The van der Waals surface area contributed by atoms with E-state index in [1.165, 1.54) is 5.56 Å². The van der Waals surface area contributed by atoms with Crippen LogP contribution < -0.4 is 10.1 Å². The number of ether oxygens (including phenoxy) is 2. The Morgan fingerprint density at radius 1 is 1.33 bits per heavy atom. The Kier molecular flexibility index (Phi) is 3.93. The molecule has 100 valence electrons. The average Bonchev–Trinajstić information content (AvgIpc) is 2.38. The molecule has 0 aromatic heterocycles. The van der Waals surface area contributed by atoms with Crippen LogP contribution in [0.2, 0.25) is 0 Å². The quantitative estimate of drug-likeness (QED) is 0.870. The molecule has 1 N–H and O–H groups in total. The Hall–Kier alpha value is -1.06. The molecule has 1 aromatic carbocycles. The van der Waals surface area contributed by atoms with Crippen LogP contribution in [0.3, 0.4) is 0 Å². The second-order valence-corrected chi connectivity index (χ2v) is 5.57. The van der Waals surface area contributed by atoms with Crippen molar-refractivity contribution >= 4 is 0 Å². The van der Waals surface area contributed by atoms with Gasteiger partial charge in [0.25, 0.3) is 0 Å². The van der Waals surface area contributed by atoms with Crippen molar-refractivity contribution in [3.8, 4) is 5.75 Å². The van der Waals surface area contributed by atoms with E-state index in [-0.39, 0.29) is 5.41 Å². The van der Waals surface area contributed by atoms with Crippen LogP contribution in [-0.2, 0) is 11.3 Å². The van der Waals surface area contributed by atoms with Crippen LogP contribution >= 0.6 is 0 Å². The van der Waals surface area contributed by atoms with Gasteiger partial charge in [0.2, 0.25) is 0 Å². The van der Waals surface area contributed by atoms with E-state index in [0.717, 1.165) is 18.7 Å². The van der Waals surface area contributed by atoms with Crippen LogP contribution in [0.4, 0.5) is 0 Å². The maximum absolute atomic E-state index is 5.46. The lowest BCUT2D eigenvalue weighted by Gasteiger charge is -2.51. The fraction of sp³-hybridized carbons (Fsp3) is 0.600. The fourth-order valence-electron chi connectivity index (χ4n) is 2.66. The Bertz CT molecular complexity index is 403. The highest BCUT2D eigenvalue weighted by Crippen LogP contribution is 2.42. The van der Waals surface area contributed by atoms with Crippen molar-refractivity contribution in [1.82, 2.24) is 5.32 Å². The van der Waals surface area contributed by atoms with Crippen LogP contribution in [-0.4, -0.2) is 26.4 Å². The van der Waals surface area contributed by atoms with E-state index in [1.54, 1.807) is 14.2 Å². The Labute approximate surface area is 109 Å². The van der Waals surface area contributed by atoms with E-state index in [9.17, 15) is 0 Å². The van der Waals surface area contributed by atoms with Crippen molar-refractivity contribution in [2.75, 3.05) is 14.2 Å². The third-order valence-corrected chi connectivity index (χ3v) is 4.15. The van der Waals surface area contributed by atoms with Gasteiger partial charge in [0, 0.05) is 25.1 Å². The zero-order chi connectivity index (χ0) is 13.2. The highest BCUT2D eigenvalue weighted by molar-refractivity contribution is 5.28.